The number of hydrogen-bond acceptors (Lipinski definition) is 2. The molecule has 5 heteroatoms. The van der Waals surface area contributed by atoms with Gasteiger partial charge < -0.3 is 13.6 Å². The molecular formula is C57H32N4O. The van der Waals surface area contributed by atoms with Gasteiger partial charge in [0.05, 0.1) is 40.3 Å². The van der Waals surface area contributed by atoms with Gasteiger partial charge in [-0.1, -0.05) is 115 Å². The molecule has 13 rings (SSSR count). The van der Waals surface area contributed by atoms with Crippen molar-refractivity contribution < 1.29 is 4.42 Å². The zero-order valence-corrected chi connectivity index (χ0v) is 33.2. The van der Waals surface area contributed by atoms with Gasteiger partial charge in [-0.2, -0.15) is 5.26 Å². The summed E-state index contributed by atoms with van der Waals surface area (Å²) in [6.07, 6.45) is 0. The maximum Gasteiger partial charge on any atom is 0.188 e. The Bertz CT molecular complexity index is 3940. The third-order valence-electron chi connectivity index (χ3n) is 13.0. The maximum absolute atomic E-state index is 10.4. The summed E-state index contributed by atoms with van der Waals surface area (Å²) in [5, 5.41) is 16.9. The van der Waals surface area contributed by atoms with E-state index in [1.54, 1.807) is 0 Å². The second-order valence-corrected chi connectivity index (χ2v) is 16.2. The number of hydrogen-bond donors (Lipinski definition) is 0. The zero-order valence-electron chi connectivity index (χ0n) is 33.2. The molecule has 62 heavy (non-hydrogen) atoms. The zero-order chi connectivity index (χ0) is 41.1. The standard InChI is InChI=1S/C57H32N4O/c1-59-38-21-26-49-47(32-38)55-51(28-25-45-42-14-8-10-18-52(42)62-57(45)55)61(49)40-30-34(33-58)29-37(31-40)35-19-22-39(23-20-35)60-48-17-9-7-16-46(48)54-50(60)27-24-44-41-13-5-6-15-43(41)53(56(44)54)36-11-3-2-4-12-36/h2-32,53H. The molecule has 1 unspecified atom stereocenters. The maximum atomic E-state index is 10.4. The molecule has 1 aliphatic carbocycles. The molecule has 0 amide bonds. The molecule has 5 nitrogen and oxygen atoms in total. The van der Waals surface area contributed by atoms with Crippen LogP contribution in [0.3, 0.4) is 0 Å². The lowest BCUT2D eigenvalue weighted by molar-refractivity contribution is 0.673. The van der Waals surface area contributed by atoms with E-state index in [0.717, 1.165) is 71.8 Å². The van der Waals surface area contributed by atoms with Crippen molar-refractivity contribution in [3.8, 4) is 39.7 Å². The van der Waals surface area contributed by atoms with Gasteiger partial charge in [-0.15, -0.1) is 0 Å². The molecule has 0 saturated carbocycles. The van der Waals surface area contributed by atoms with Crippen molar-refractivity contribution in [3.05, 3.63) is 222 Å². The molecule has 0 fully saturated rings. The number of aromatic nitrogens is 2. The van der Waals surface area contributed by atoms with Gasteiger partial charge >= 0.3 is 0 Å². The Morgan fingerprint density at radius 1 is 0.516 bits per heavy atom. The number of para-hydroxylation sites is 2. The minimum atomic E-state index is 0.128. The minimum absolute atomic E-state index is 0.128. The van der Waals surface area contributed by atoms with Gasteiger partial charge in [-0.05, 0) is 112 Å². The first-order chi connectivity index (χ1) is 30.7. The molecule has 0 spiro atoms. The first-order valence-corrected chi connectivity index (χ1v) is 20.8. The Kier molecular flexibility index (Phi) is 7.14. The van der Waals surface area contributed by atoms with Crippen molar-refractivity contribution in [1.29, 1.82) is 5.26 Å². The average Bonchev–Trinajstić information content (AvgIpc) is 4.07. The van der Waals surface area contributed by atoms with E-state index in [0.29, 0.717) is 11.3 Å². The fourth-order valence-corrected chi connectivity index (χ4v) is 10.4. The summed E-state index contributed by atoms with van der Waals surface area (Å²) in [7, 11) is 0. The Balaban J connectivity index is 0.975. The van der Waals surface area contributed by atoms with Gasteiger partial charge in [0.2, 0.25) is 0 Å². The largest absolute Gasteiger partial charge is 0.455 e. The topological polar surface area (TPSA) is 51.1 Å². The summed E-state index contributed by atoms with van der Waals surface area (Å²) in [4.78, 5) is 3.78. The molecule has 0 N–H and O–H groups in total. The van der Waals surface area contributed by atoms with Crippen LogP contribution in [-0.2, 0) is 0 Å². The molecule has 3 heterocycles. The first-order valence-electron chi connectivity index (χ1n) is 20.8. The highest BCUT2D eigenvalue weighted by molar-refractivity contribution is 6.24. The monoisotopic (exact) mass is 788 g/mol. The number of fused-ring (bicyclic) bond motifs is 14. The van der Waals surface area contributed by atoms with Gasteiger partial charge in [0, 0.05) is 49.6 Å². The molecule has 286 valence electrons. The minimum Gasteiger partial charge on any atom is -0.455 e. The van der Waals surface area contributed by atoms with E-state index in [2.05, 4.69) is 160 Å². The summed E-state index contributed by atoms with van der Waals surface area (Å²) in [5.41, 5.74) is 17.4. The lowest BCUT2D eigenvalue weighted by Crippen LogP contribution is -2.00. The van der Waals surface area contributed by atoms with Crippen LogP contribution in [0, 0.1) is 17.9 Å². The van der Waals surface area contributed by atoms with Crippen LogP contribution in [0.2, 0.25) is 0 Å². The van der Waals surface area contributed by atoms with E-state index in [1.807, 2.05) is 48.5 Å². The highest BCUT2D eigenvalue weighted by Crippen LogP contribution is 2.53. The summed E-state index contributed by atoms with van der Waals surface area (Å²) < 4.78 is 11.1. The van der Waals surface area contributed by atoms with E-state index in [9.17, 15) is 5.26 Å². The fourth-order valence-electron chi connectivity index (χ4n) is 10.4. The first kappa shape index (κ1) is 34.2. The number of nitriles is 1. The average molecular weight is 789 g/mol. The van der Waals surface area contributed by atoms with Gasteiger partial charge in [-0.3, -0.25) is 0 Å². The van der Waals surface area contributed by atoms with Crippen LogP contribution in [0.4, 0.5) is 5.69 Å². The highest BCUT2D eigenvalue weighted by Gasteiger charge is 2.33. The molecule has 9 aromatic carbocycles. The van der Waals surface area contributed by atoms with Crippen LogP contribution in [0.25, 0.3) is 104 Å². The third-order valence-corrected chi connectivity index (χ3v) is 13.0. The van der Waals surface area contributed by atoms with Gasteiger partial charge in [0.1, 0.15) is 11.2 Å². The molecule has 1 atom stereocenters. The molecule has 0 radical (unpaired) electrons. The van der Waals surface area contributed by atoms with Crippen molar-refractivity contribution in [2.45, 2.75) is 5.92 Å². The fraction of sp³-hybridized carbons (Fsp3) is 0.0175. The van der Waals surface area contributed by atoms with Crippen LogP contribution in [0.1, 0.15) is 28.2 Å². The van der Waals surface area contributed by atoms with Crippen LogP contribution in [0.15, 0.2) is 192 Å². The normalized spacial score (nSPS) is 13.3. The molecule has 0 saturated heterocycles. The number of nitrogens with zero attached hydrogens (tertiary/aromatic N) is 4. The SMILES string of the molecule is [C-]#[N+]c1ccc2c(c1)c1c3oc4ccccc4c3ccc1n2-c1cc(C#N)cc(-c2ccc(-n3c4ccccc4c4c5c(ccc43)-c3ccccc3C5c3ccccc3)cc2)c1. The van der Waals surface area contributed by atoms with Gasteiger partial charge in [0.25, 0.3) is 0 Å². The Morgan fingerprint density at radius 2 is 1.23 bits per heavy atom. The van der Waals surface area contributed by atoms with Crippen LogP contribution in [-0.4, -0.2) is 9.13 Å². The summed E-state index contributed by atoms with van der Waals surface area (Å²) in [6, 6.07) is 68.5. The molecule has 3 aromatic heterocycles. The van der Waals surface area contributed by atoms with Crippen molar-refractivity contribution in [1.82, 2.24) is 9.13 Å². The lowest BCUT2D eigenvalue weighted by Gasteiger charge is -2.16. The second kappa shape index (κ2) is 12.9. The Morgan fingerprint density at radius 3 is 2.08 bits per heavy atom. The molecule has 0 bridgehead atoms. The number of furan rings is 1. The molecule has 1 aliphatic rings. The van der Waals surface area contributed by atoms with E-state index < -0.39 is 0 Å². The van der Waals surface area contributed by atoms with Crippen molar-refractivity contribution in [3.63, 3.8) is 0 Å². The summed E-state index contributed by atoms with van der Waals surface area (Å²) in [5.74, 6) is 0.128. The van der Waals surface area contributed by atoms with Crippen molar-refractivity contribution >= 4 is 71.2 Å². The molecule has 12 aromatic rings. The number of benzene rings is 9. The molecular weight excluding hydrogens is 757 g/mol. The second-order valence-electron chi connectivity index (χ2n) is 16.2. The van der Waals surface area contributed by atoms with E-state index in [-0.39, 0.29) is 5.92 Å². The summed E-state index contributed by atoms with van der Waals surface area (Å²) in [6.45, 7) is 7.82. The Labute approximate surface area is 356 Å². The number of rotatable bonds is 4. The lowest BCUT2D eigenvalue weighted by atomic mass is 9.87. The Hall–Kier alpha value is -8.64. The van der Waals surface area contributed by atoms with Crippen LogP contribution >= 0.6 is 0 Å². The van der Waals surface area contributed by atoms with Crippen molar-refractivity contribution in [2.24, 2.45) is 0 Å². The van der Waals surface area contributed by atoms with E-state index >= 15 is 0 Å². The highest BCUT2D eigenvalue weighted by atomic mass is 16.3. The van der Waals surface area contributed by atoms with Crippen LogP contribution < -0.4 is 0 Å². The quantitative estimate of drug-likeness (QED) is 0.167. The predicted molar refractivity (Wildman–Crippen MR) is 252 cm³/mol. The predicted octanol–water partition coefficient (Wildman–Crippen LogP) is 15.0. The van der Waals surface area contributed by atoms with Gasteiger partial charge in [0.15, 0.2) is 5.69 Å². The smallest absolute Gasteiger partial charge is 0.188 e. The molecule has 0 aliphatic heterocycles. The van der Waals surface area contributed by atoms with E-state index in [1.165, 1.54) is 44.1 Å². The van der Waals surface area contributed by atoms with Crippen LogP contribution in [0.5, 0.6) is 0 Å². The third kappa shape index (κ3) is 4.76. The van der Waals surface area contributed by atoms with E-state index in [4.69, 9.17) is 11.0 Å². The van der Waals surface area contributed by atoms with Crippen molar-refractivity contribution in [2.75, 3.05) is 0 Å². The summed E-state index contributed by atoms with van der Waals surface area (Å²) >= 11 is 0. The van der Waals surface area contributed by atoms with Gasteiger partial charge in [-0.25, -0.2) is 4.85 Å².